The van der Waals surface area contributed by atoms with Crippen LogP contribution in [0.3, 0.4) is 0 Å². The van der Waals surface area contributed by atoms with Crippen LogP contribution in [0.15, 0.2) is 0 Å². The average Bonchev–Trinajstić information content (AvgIpc) is 0. The molecular weight excluding hydrogens is 559 g/mol. The van der Waals surface area contributed by atoms with Crippen molar-refractivity contribution in [1.82, 2.24) is 0 Å². The summed E-state index contributed by atoms with van der Waals surface area (Å²) in [5.74, 6) is 0. The van der Waals surface area contributed by atoms with E-state index in [1.165, 1.54) is 0 Å². The molecule has 0 aromatic carbocycles. The van der Waals surface area contributed by atoms with Crippen LogP contribution in [-0.4, -0.2) is 0 Å². The summed E-state index contributed by atoms with van der Waals surface area (Å²) < 4.78 is 0. The van der Waals surface area contributed by atoms with Gasteiger partial charge in [0, 0.05) is 82.3 Å². The number of rotatable bonds is 0. The molecule has 0 bridgehead atoms. The zero-order valence-electron chi connectivity index (χ0n) is 1.24. The van der Waals surface area contributed by atoms with Crippen molar-refractivity contribution in [1.29, 1.82) is 0 Å². The smallest absolute Gasteiger partial charge is 0 e. The molecule has 0 N–H and O–H groups in total. The molecule has 0 aliphatic rings. The van der Waals surface area contributed by atoms with E-state index in [1.807, 2.05) is 0 Å². The van der Waals surface area contributed by atoms with Crippen molar-refractivity contribution < 1.29 is 82.3 Å². The summed E-state index contributed by atoms with van der Waals surface area (Å²) in [7, 11) is 0. The molecule has 0 spiro atoms. The van der Waals surface area contributed by atoms with Gasteiger partial charge in [-0.3, -0.25) is 0 Å². The van der Waals surface area contributed by atoms with E-state index in [2.05, 4.69) is 0 Å². The second kappa shape index (κ2) is 17.4. The Hall–Kier alpha value is 2.66. The molecule has 0 nitrogen and oxygen atoms in total. The van der Waals surface area contributed by atoms with Gasteiger partial charge in [-0.05, 0) is 0 Å². The predicted octanol–water partition coefficient (Wildman–Crippen LogP) is -0.0100. The van der Waals surface area contributed by atoms with Crippen LogP contribution in [0.1, 0.15) is 0 Å². The second-order valence-electron chi connectivity index (χ2n) is 0. The maximum absolute atomic E-state index is 0. The van der Waals surface area contributed by atoms with Gasteiger partial charge in [0.25, 0.3) is 0 Å². The summed E-state index contributed by atoms with van der Waals surface area (Å²) in [6.07, 6.45) is 0. The second-order valence-corrected chi connectivity index (χ2v) is 0. The first kappa shape index (κ1) is 30.1. The molecule has 0 saturated carbocycles. The molecule has 0 rings (SSSR count). The first-order chi connectivity index (χ1) is 0. The van der Waals surface area contributed by atoms with Crippen molar-refractivity contribution >= 4 is 0 Å². The van der Waals surface area contributed by atoms with Crippen LogP contribution in [0, 0.1) is 0 Å². The van der Waals surface area contributed by atoms with Crippen LogP contribution in [0.25, 0.3) is 0 Å². The Morgan fingerprint density at radius 2 is 1.00 bits per heavy atom. The summed E-state index contributed by atoms with van der Waals surface area (Å²) in [5, 5.41) is 0. The first-order valence-electron chi connectivity index (χ1n) is 0. The third kappa shape index (κ3) is 8.82. The van der Waals surface area contributed by atoms with Crippen LogP contribution in [0.2, 0.25) is 0 Å². The molecule has 0 aromatic heterocycles. The van der Waals surface area contributed by atoms with Crippen molar-refractivity contribution in [3.05, 3.63) is 0 Å². The largest absolute Gasteiger partial charge is 0 e. The zero-order chi connectivity index (χ0) is 0. The van der Waals surface area contributed by atoms with Crippen LogP contribution in [0.5, 0.6) is 0 Å². The third-order valence-corrected chi connectivity index (χ3v) is 0. The Bertz CT molecular complexity index is 8.00. The standard InChI is InChI=1S/Ag.Au.Ni.Pt. The van der Waals surface area contributed by atoms with Gasteiger partial charge in [-0.25, -0.2) is 0 Å². The molecule has 0 aromatic rings. The van der Waals surface area contributed by atoms with Crippen LogP contribution < -0.4 is 0 Å². The van der Waals surface area contributed by atoms with Gasteiger partial charge in [0.1, 0.15) is 0 Å². The minimum atomic E-state index is 0. The van der Waals surface area contributed by atoms with E-state index in [-0.39, 0.29) is 82.3 Å². The minimum absolute atomic E-state index is 0. The number of hydrogen-bond acceptors (Lipinski definition) is 0. The Kier molecular flexibility index (Phi) is 131. The molecule has 42 valence electrons. The SMILES string of the molecule is [Ag].[Au].[Ni].[Pt]. The van der Waals surface area contributed by atoms with Crippen molar-refractivity contribution in [2.45, 2.75) is 0 Å². The van der Waals surface area contributed by atoms with Gasteiger partial charge < -0.3 is 0 Å². The molecule has 0 amide bonds. The van der Waals surface area contributed by atoms with Crippen molar-refractivity contribution in [3.63, 3.8) is 0 Å². The minimum Gasteiger partial charge on any atom is 0 e. The molecule has 0 heterocycles. The Labute approximate surface area is 81.1 Å². The fourth-order valence-corrected chi connectivity index (χ4v) is 0. The van der Waals surface area contributed by atoms with Crippen LogP contribution in [0.4, 0.5) is 0 Å². The Morgan fingerprint density at radius 1 is 1.00 bits per heavy atom. The van der Waals surface area contributed by atoms with Crippen molar-refractivity contribution in [2.75, 3.05) is 0 Å². The fourth-order valence-electron chi connectivity index (χ4n) is 0. The molecule has 4 heavy (non-hydrogen) atoms. The van der Waals surface area contributed by atoms with Gasteiger partial charge >= 0.3 is 0 Å². The van der Waals surface area contributed by atoms with E-state index in [9.17, 15) is 0 Å². The summed E-state index contributed by atoms with van der Waals surface area (Å²) in [6, 6.07) is 0. The summed E-state index contributed by atoms with van der Waals surface area (Å²) in [6.45, 7) is 0. The maximum atomic E-state index is 0. The van der Waals surface area contributed by atoms with E-state index >= 15 is 0 Å². The predicted molar refractivity (Wildman–Crippen MR) is 0 cm³/mol. The average molecular weight is 559 g/mol. The fraction of sp³-hybridized carbons (Fsp3) is 0. The van der Waals surface area contributed by atoms with E-state index in [0.717, 1.165) is 0 Å². The Morgan fingerprint density at radius 3 is 1.00 bits per heavy atom. The third-order valence-electron chi connectivity index (χ3n) is 0. The van der Waals surface area contributed by atoms with Gasteiger partial charge in [0.05, 0.1) is 0 Å². The summed E-state index contributed by atoms with van der Waals surface area (Å²) in [4.78, 5) is 0. The van der Waals surface area contributed by atoms with Crippen molar-refractivity contribution in [2.24, 2.45) is 0 Å². The van der Waals surface area contributed by atoms with E-state index in [0.29, 0.717) is 0 Å². The zero-order valence-corrected chi connectivity index (χ0v) is 8.14. The molecule has 0 aliphatic heterocycles. The quantitative estimate of drug-likeness (QED) is 0.367. The Balaban J connectivity index is 0. The normalized spacial score (nSPS) is 0. The van der Waals surface area contributed by atoms with Gasteiger partial charge in [-0.1, -0.05) is 0 Å². The van der Waals surface area contributed by atoms with Gasteiger partial charge in [-0.2, -0.15) is 0 Å². The van der Waals surface area contributed by atoms with Gasteiger partial charge in [0.2, 0.25) is 0 Å². The van der Waals surface area contributed by atoms with Crippen LogP contribution in [-0.2, 0) is 82.3 Å². The molecule has 4 heteroatoms. The summed E-state index contributed by atoms with van der Waals surface area (Å²) >= 11 is 0. The van der Waals surface area contributed by atoms with Crippen LogP contribution >= 0.6 is 0 Å². The van der Waals surface area contributed by atoms with Crippen molar-refractivity contribution in [3.8, 4) is 0 Å². The molecule has 2 radical (unpaired) electrons. The molecule has 0 fully saturated rings. The molecule has 0 atom stereocenters. The molecule has 0 saturated heterocycles. The maximum Gasteiger partial charge on any atom is 0 e. The van der Waals surface area contributed by atoms with E-state index in [1.54, 1.807) is 0 Å². The molecule has 0 aliphatic carbocycles. The van der Waals surface area contributed by atoms with Gasteiger partial charge in [-0.15, -0.1) is 0 Å². The first-order valence-corrected chi connectivity index (χ1v) is 0. The van der Waals surface area contributed by atoms with E-state index < -0.39 is 0 Å². The summed E-state index contributed by atoms with van der Waals surface area (Å²) in [5.41, 5.74) is 0. The molecular formula is AgAuNiPt. The van der Waals surface area contributed by atoms with Gasteiger partial charge in [0.15, 0.2) is 0 Å². The topological polar surface area (TPSA) is 0 Å². The number of hydrogen-bond donors (Lipinski definition) is 0. The molecule has 0 unspecified atom stereocenters. The van der Waals surface area contributed by atoms with E-state index in [4.69, 9.17) is 0 Å². The monoisotopic (exact) mass is 557 g/mol.